The third-order valence-corrected chi connectivity index (χ3v) is 4.94. The molecule has 140 valence electrons. The van der Waals surface area contributed by atoms with E-state index in [0.717, 1.165) is 31.6 Å². The second kappa shape index (κ2) is 8.70. The number of methoxy groups -OCH3 is 1. The summed E-state index contributed by atoms with van der Waals surface area (Å²) >= 11 is 0. The minimum atomic E-state index is -0.300. The fourth-order valence-corrected chi connectivity index (χ4v) is 3.40. The Kier molecular flexibility index (Phi) is 7.52. The summed E-state index contributed by atoms with van der Waals surface area (Å²) < 4.78 is 5.57. The molecule has 2 N–H and O–H groups in total. The zero-order chi connectivity index (χ0) is 18.4. The molecule has 0 heterocycles. The van der Waals surface area contributed by atoms with Gasteiger partial charge in [0.1, 0.15) is 0 Å². The highest BCUT2D eigenvalue weighted by Gasteiger charge is 2.42. The van der Waals surface area contributed by atoms with Crippen molar-refractivity contribution < 1.29 is 9.53 Å². The summed E-state index contributed by atoms with van der Waals surface area (Å²) in [7, 11) is 7.16. The van der Waals surface area contributed by atoms with Crippen LogP contribution in [0.3, 0.4) is 0 Å². The van der Waals surface area contributed by atoms with Crippen molar-refractivity contribution in [3.63, 3.8) is 0 Å². The van der Waals surface area contributed by atoms with Crippen LogP contribution in [0.15, 0.2) is 4.99 Å². The zero-order valence-electron chi connectivity index (χ0n) is 16.5. The predicted molar refractivity (Wildman–Crippen MR) is 99.2 cm³/mol. The van der Waals surface area contributed by atoms with Crippen molar-refractivity contribution in [2.45, 2.75) is 52.6 Å². The van der Waals surface area contributed by atoms with Gasteiger partial charge in [-0.05, 0) is 18.3 Å². The lowest BCUT2D eigenvalue weighted by molar-refractivity contribution is -0.138. The van der Waals surface area contributed by atoms with Gasteiger partial charge < -0.3 is 20.3 Å². The number of aliphatic imine (C=N–C) groups is 1. The van der Waals surface area contributed by atoms with E-state index >= 15 is 0 Å². The Morgan fingerprint density at radius 1 is 1.25 bits per heavy atom. The maximum atomic E-state index is 12.6. The number of hydrogen-bond donors (Lipinski definition) is 2. The number of hydrogen-bond acceptors (Lipinski definition) is 3. The highest BCUT2D eigenvalue weighted by Crippen LogP contribution is 2.38. The molecule has 0 spiro atoms. The molecule has 0 aromatic heterocycles. The van der Waals surface area contributed by atoms with Gasteiger partial charge >= 0.3 is 0 Å². The molecule has 0 saturated heterocycles. The first kappa shape index (κ1) is 20.7. The van der Waals surface area contributed by atoms with E-state index in [2.05, 4.69) is 36.4 Å². The Balaban J connectivity index is 2.64. The lowest BCUT2D eigenvalue weighted by Gasteiger charge is -2.32. The van der Waals surface area contributed by atoms with Crippen molar-refractivity contribution >= 4 is 11.9 Å². The standard InChI is InChI=1S/C18H36N4O2/c1-17(2,3)14(24-7)12-20-16(19-4)21-13-18(10-8-9-11-18)15(23)22(5)6/h14H,8-13H2,1-7H3,(H2,19,20,21). The van der Waals surface area contributed by atoms with E-state index in [1.807, 2.05) is 14.1 Å². The van der Waals surface area contributed by atoms with E-state index in [1.165, 1.54) is 0 Å². The first-order chi connectivity index (χ1) is 11.2. The molecule has 1 unspecified atom stereocenters. The van der Waals surface area contributed by atoms with Gasteiger partial charge in [0.25, 0.3) is 0 Å². The maximum absolute atomic E-state index is 12.6. The molecule has 1 aliphatic rings. The largest absolute Gasteiger partial charge is 0.379 e. The number of nitrogens with zero attached hydrogens (tertiary/aromatic N) is 2. The summed E-state index contributed by atoms with van der Waals surface area (Å²) in [6.45, 7) is 7.76. The van der Waals surface area contributed by atoms with Gasteiger partial charge in [-0.15, -0.1) is 0 Å². The van der Waals surface area contributed by atoms with Gasteiger partial charge in [-0.1, -0.05) is 33.6 Å². The van der Waals surface area contributed by atoms with Gasteiger partial charge in [0.15, 0.2) is 5.96 Å². The summed E-state index contributed by atoms with van der Waals surface area (Å²) in [5.41, 5.74) is -0.250. The molecular weight excluding hydrogens is 304 g/mol. The summed E-state index contributed by atoms with van der Waals surface area (Å²) in [6.07, 6.45) is 4.19. The molecule has 1 aliphatic carbocycles. The molecule has 0 bridgehead atoms. The molecule has 1 saturated carbocycles. The third kappa shape index (κ3) is 5.36. The Labute approximate surface area is 147 Å². The zero-order valence-corrected chi connectivity index (χ0v) is 16.5. The predicted octanol–water partition coefficient (Wildman–Crippen LogP) is 1.86. The van der Waals surface area contributed by atoms with Crippen LogP contribution in [0.2, 0.25) is 0 Å². The van der Waals surface area contributed by atoms with Crippen LogP contribution >= 0.6 is 0 Å². The number of guanidine groups is 1. The molecule has 24 heavy (non-hydrogen) atoms. The SMILES string of the molecule is CN=C(NCC(OC)C(C)(C)C)NCC1(C(=O)N(C)C)CCCC1. The highest BCUT2D eigenvalue weighted by atomic mass is 16.5. The number of carbonyl (C=O) groups excluding carboxylic acids is 1. The molecule has 1 atom stereocenters. The van der Waals surface area contributed by atoms with Crippen molar-refractivity contribution in [3.8, 4) is 0 Å². The van der Waals surface area contributed by atoms with Crippen molar-refractivity contribution in [1.82, 2.24) is 15.5 Å². The monoisotopic (exact) mass is 340 g/mol. The maximum Gasteiger partial charge on any atom is 0.230 e. The van der Waals surface area contributed by atoms with Crippen LogP contribution in [0.4, 0.5) is 0 Å². The average Bonchev–Trinajstić information content (AvgIpc) is 2.98. The quantitative estimate of drug-likeness (QED) is 0.572. The van der Waals surface area contributed by atoms with Crippen molar-refractivity contribution in [1.29, 1.82) is 0 Å². The molecule has 1 amide bonds. The molecule has 1 rings (SSSR count). The topological polar surface area (TPSA) is 66.0 Å². The lowest BCUT2D eigenvalue weighted by atomic mass is 9.84. The van der Waals surface area contributed by atoms with Crippen molar-refractivity contribution in [3.05, 3.63) is 0 Å². The molecule has 6 heteroatoms. The minimum absolute atomic E-state index is 0.0498. The molecular formula is C18H36N4O2. The van der Waals surface area contributed by atoms with Gasteiger partial charge in [0, 0.05) is 41.3 Å². The second-order valence-corrected chi connectivity index (χ2v) is 8.08. The number of rotatable bonds is 6. The lowest BCUT2D eigenvalue weighted by Crippen LogP contribution is -2.51. The van der Waals surface area contributed by atoms with Crippen LogP contribution in [0.1, 0.15) is 46.5 Å². The first-order valence-electron chi connectivity index (χ1n) is 8.85. The van der Waals surface area contributed by atoms with Gasteiger partial charge in [-0.2, -0.15) is 0 Å². The van der Waals surface area contributed by atoms with Crippen LogP contribution in [0, 0.1) is 10.8 Å². The van der Waals surface area contributed by atoms with Gasteiger partial charge in [0.2, 0.25) is 5.91 Å². The Bertz CT molecular complexity index is 435. The van der Waals surface area contributed by atoms with Crippen LogP contribution in [0.25, 0.3) is 0 Å². The Morgan fingerprint density at radius 2 is 1.83 bits per heavy atom. The first-order valence-corrected chi connectivity index (χ1v) is 8.85. The summed E-state index contributed by atoms with van der Waals surface area (Å²) in [5, 5.41) is 6.68. The van der Waals surface area contributed by atoms with Crippen LogP contribution < -0.4 is 10.6 Å². The van der Waals surface area contributed by atoms with E-state index in [0.29, 0.717) is 13.1 Å². The Hall–Kier alpha value is -1.30. The molecule has 6 nitrogen and oxygen atoms in total. The summed E-state index contributed by atoms with van der Waals surface area (Å²) in [5.74, 6) is 0.937. The molecule has 0 aromatic rings. The van der Waals surface area contributed by atoms with Gasteiger partial charge in [-0.3, -0.25) is 9.79 Å². The summed E-state index contributed by atoms with van der Waals surface area (Å²) in [6, 6.07) is 0. The van der Waals surface area contributed by atoms with E-state index in [4.69, 9.17) is 4.74 Å². The van der Waals surface area contributed by atoms with E-state index in [1.54, 1.807) is 19.1 Å². The molecule has 0 radical (unpaired) electrons. The van der Waals surface area contributed by atoms with Gasteiger partial charge in [-0.25, -0.2) is 0 Å². The molecule has 0 aromatic carbocycles. The number of carbonyl (C=O) groups is 1. The average molecular weight is 341 g/mol. The number of amides is 1. The molecule has 0 aliphatic heterocycles. The fraction of sp³-hybridized carbons (Fsp3) is 0.889. The van der Waals surface area contributed by atoms with E-state index < -0.39 is 0 Å². The van der Waals surface area contributed by atoms with Crippen LogP contribution in [0.5, 0.6) is 0 Å². The molecule has 1 fully saturated rings. The Morgan fingerprint density at radius 3 is 2.25 bits per heavy atom. The van der Waals surface area contributed by atoms with Crippen LogP contribution in [-0.4, -0.2) is 64.2 Å². The fourth-order valence-electron chi connectivity index (χ4n) is 3.40. The van der Waals surface area contributed by atoms with Crippen LogP contribution in [-0.2, 0) is 9.53 Å². The smallest absolute Gasteiger partial charge is 0.230 e. The van der Waals surface area contributed by atoms with Crippen molar-refractivity contribution in [2.24, 2.45) is 15.8 Å². The van der Waals surface area contributed by atoms with E-state index in [-0.39, 0.29) is 22.8 Å². The van der Waals surface area contributed by atoms with E-state index in [9.17, 15) is 4.79 Å². The number of ether oxygens (including phenoxy) is 1. The van der Waals surface area contributed by atoms with Gasteiger partial charge in [0.05, 0.1) is 11.5 Å². The summed E-state index contributed by atoms with van der Waals surface area (Å²) in [4.78, 5) is 18.6. The normalized spacial score (nSPS) is 19.0. The number of nitrogens with one attached hydrogen (secondary N) is 2. The second-order valence-electron chi connectivity index (χ2n) is 8.08. The third-order valence-electron chi connectivity index (χ3n) is 4.94. The van der Waals surface area contributed by atoms with Crippen molar-refractivity contribution in [2.75, 3.05) is 41.3 Å². The minimum Gasteiger partial charge on any atom is -0.379 e. The highest BCUT2D eigenvalue weighted by molar-refractivity contribution is 5.85.